The van der Waals surface area contributed by atoms with Crippen molar-refractivity contribution >= 4 is 21.4 Å². The molecule has 0 amide bonds. The molecule has 1 unspecified atom stereocenters. The van der Waals surface area contributed by atoms with Crippen LogP contribution < -0.4 is 5.32 Å². The Labute approximate surface area is 131 Å². The summed E-state index contributed by atoms with van der Waals surface area (Å²) < 4.78 is 32.9. The number of aryl methyl sites for hydroxylation is 1. The monoisotopic (exact) mass is 332 g/mol. The molecule has 0 aromatic carbocycles. The van der Waals surface area contributed by atoms with Crippen LogP contribution in [0, 0.1) is 6.92 Å². The molecule has 7 heteroatoms. The number of morpholine rings is 1. The van der Waals surface area contributed by atoms with Crippen LogP contribution in [-0.2, 0) is 21.3 Å². The maximum absolute atomic E-state index is 13.0. The number of sulfonamides is 1. The first-order valence-electron chi connectivity index (χ1n) is 7.35. The van der Waals surface area contributed by atoms with Crippen LogP contribution in [0.4, 0.5) is 0 Å². The van der Waals surface area contributed by atoms with Gasteiger partial charge in [0.25, 0.3) is 0 Å². The van der Waals surface area contributed by atoms with Crippen LogP contribution in [0.15, 0.2) is 10.3 Å². The lowest BCUT2D eigenvalue weighted by Crippen LogP contribution is -2.47. The minimum atomic E-state index is -3.44. The zero-order valence-corrected chi connectivity index (χ0v) is 14.5. The number of thiophene rings is 1. The molecule has 1 aliphatic heterocycles. The second-order valence-electron chi connectivity index (χ2n) is 5.39. The van der Waals surface area contributed by atoms with Crippen molar-refractivity contribution in [2.24, 2.45) is 0 Å². The Hall–Kier alpha value is -0.470. The minimum absolute atomic E-state index is 0.112. The van der Waals surface area contributed by atoms with E-state index in [1.165, 1.54) is 11.3 Å². The lowest BCUT2D eigenvalue weighted by atomic mass is 10.3. The van der Waals surface area contributed by atoms with Gasteiger partial charge in [0.1, 0.15) is 4.90 Å². The van der Waals surface area contributed by atoms with E-state index in [2.05, 4.69) is 12.2 Å². The van der Waals surface area contributed by atoms with Gasteiger partial charge in [0.15, 0.2) is 0 Å². The molecule has 1 aromatic rings. The first kappa shape index (κ1) is 16.9. The molecule has 1 saturated heterocycles. The topological polar surface area (TPSA) is 58.6 Å². The molecule has 2 heterocycles. The van der Waals surface area contributed by atoms with E-state index < -0.39 is 10.0 Å². The molecular weight excluding hydrogens is 308 g/mol. The standard InChI is InChI=1S/C14H24N2O3S2/c1-4-5-15-8-13-14(11(2)10-20-13)21(17,18)16-6-7-19-9-12(16)3/h10,12,15H,4-9H2,1-3H3. The van der Waals surface area contributed by atoms with E-state index in [9.17, 15) is 8.42 Å². The summed E-state index contributed by atoms with van der Waals surface area (Å²) in [5.41, 5.74) is 0.840. The Balaban J connectivity index is 2.28. The molecule has 0 aliphatic carbocycles. The van der Waals surface area contributed by atoms with Gasteiger partial charge in [-0.2, -0.15) is 4.31 Å². The van der Waals surface area contributed by atoms with E-state index >= 15 is 0 Å². The number of hydrogen-bond acceptors (Lipinski definition) is 5. The van der Waals surface area contributed by atoms with Gasteiger partial charge in [-0.3, -0.25) is 0 Å². The summed E-state index contributed by atoms with van der Waals surface area (Å²) in [6.45, 7) is 8.73. The summed E-state index contributed by atoms with van der Waals surface area (Å²) in [5.74, 6) is 0. The maximum Gasteiger partial charge on any atom is 0.244 e. The summed E-state index contributed by atoms with van der Waals surface area (Å²) >= 11 is 1.52. The Morgan fingerprint density at radius 3 is 2.95 bits per heavy atom. The largest absolute Gasteiger partial charge is 0.378 e. The summed E-state index contributed by atoms with van der Waals surface area (Å²) in [4.78, 5) is 1.39. The smallest absolute Gasteiger partial charge is 0.244 e. The van der Waals surface area contributed by atoms with Gasteiger partial charge in [-0.25, -0.2) is 8.42 Å². The quantitative estimate of drug-likeness (QED) is 0.809. The predicted molar refractivity (Wildman–Crippen MR) is 85.2 cm³/mol. The highest BCUT2D eigenvalue weighted by Gasteiger charge is 2.34. The predicted octanol–water partition coefficient (Wildman–Crippen LogP) is 1.97. The maximum atomic E-state index is 13.0. The molecule has 120 valence electrons. The Bertz CT molecular complexity index is 569. The van der Waals surface area contributed by atoms with E-state index in [0.717, 1.165) is 23.4 Å². The average molecular weight is 332 g/mol. The molecular formula is C14H24N2O3S2. The van der Waals surface area contributed by atoms with Crippen molar-refractivity contribution in [3.05, 3.63) is 15.8 Å². The highest BCUT2D eigenvalue weighted by atomic mass is 32.2. The highest BCUT2D eigenvalue weighted by Crippen LogP contribution is 2.31. The van der Waals surface area contributed by atoms with Crippen molar-refractivity contribution in [2.75, 3.05) is 26.3 Å². The molecule has 0 saturated carbocycles. The van der Waals surface area contributed by atoms with Crippen molar-refractivity contribution in [1.82, 2.24) is 9.62 Å². The zero-order valence-electron chi connectivity index (χ0n) is 12.9. The summed E-state index contributed by atoms with van der Waals surface area (Å²) in [7, 11) is -3.44. The van der Waals surface area contributed by atoms with Gasteiger partial charge in [-0.15, -0.1) is 11.3 Å². The molecule has 1 aliphatic rings. The van der Waals surface area contributed by atoms with Gasteiger partial charge in [-0.1, -0.05) is 6.92 Å². The van der Waals surface area contributed by atoms with Crippen LogP contribution >= 0.6 is 11.3 Å². The molecule has 2 rings (SSSR count). The minimum Gasteiger partial charge on any atom is -0.378 e. The van der Waals surface area contributed by atoms with Crippen molar-refractivity contribution in [3.8, 4) is 0 Å². The van der Waals surface area contributed by atoms with Crippen LogP contribution in [0.2, 0.25) is 0 Å². The van der Waals surface area contributed by atoms with Gasteiger partial charge in [0, 0.05) is 24.0 Å². The first-order chi connectivity index (χ1) is 9.98. The number of ether oxygens (including phenoxy) is 1. The molecule has 0 spiro atoms. The lowest BCUT2D eigenvalue weighted by molar-refractivity contribution is 0.0392. The Morgan fingerprint density at radius 1 is 1.52 bits per heavy atom. The van der Waals surface area contributed by atoms with Crippen LogP contribution in [0.5, 0.6) is 0 Å². The van der Waals surface area contributed by atoms with Crippen LogP contribution in [0.3, 0.4) is 0 Å². The summed E-state index contributed by atoms with van der Waals surface area (Å²) in [6.07, 6.45) is 1.03. The molecule has 0 radical (unpaired) electrons. The molecule has 0 bridgehead atoms. The molecule has 21 heavy (non-hydrogen) atoms. The van der Waals surface area contributed by atoms with Crippen molar-refractivity contribution in [1.29, 1.82) is 0 Å². The normalized spacial score (nSPS) is 20.8. The first-order valence-corrected chi connectivity index (χ1v) is 9.67. The van der Waals surface area contributed by atoms with Gasteiger partial charge in [0.2, 0.25) is 10.0 Å². The fraction of sp³-hybridized carbons (Fsp3) is 0.714. The molecule has 1 atom stereocenters. The fourth-order valence-corrected chi connectivity index (χ4v) is 5.86. The number of nitrogens with one attached hydrogen (secondary N) is 1. The Morgan fingerprint density at radius 2 is 2.29 bits per heavy atom. The van der Waals surface area contributed by atoms with Crippen LogP contribution in [0.25, 0.3) is 0 Å². The van der Waals surface area contributed by atoms with Gasteiger partial charge in [-0.05, 0) is 37.8 Å². The SMILES string of the molecule is CCCNCc1scc(C)c1S(=O)(=O)N1CCOCC1C. The molecule has 1 aromatic heterocycles. The number of hydrogen-bond donors (Lipinski definition) is 1. The molecule has 1 fully saturated rings. The van der Waals surface area contributed by atoms with E-state index in [1.807, 2.05) is 19.2 Å². The lowest BCUT2D eigenvalue weighted by Gasteiger charge is -2.32. The average Bonchev–Trinajstić information content (AvgIpc) is 2.81. The van der Waals surface area contributed by atoms with E-state index in [1.54, 1.807) is 4.31 Å². The van der Waals surface area contributed by atoms with E-state index in [-0.39, 0.29) is 6.04 Å². The van der Waals surface area contributed by atoms with E-state index in [4.69, 9.17) is 4.74 Å². The third kappa shape index (κ3) is 3.65. The van der Waals surface area contributed by atoms with Crippen molar-refractivity contribution in [3.63, 3.8) is 0 Å². The summed E-state index contributed by atoms with van der Waals surface area (Å²) in [5, 5.41) is 5.23. The number of rotatable bonds is 6. The highest BCUT2D eigenvalue weighted by molar-refractivity contribution is 7.89. The number of nitrogens with zero attached hydrogens (tertiary/aromatic N) is 1. The third-order valence-electron chi connectivity index (χ3n) is 3.58. The Kier molecular flexibility index (Phi) is 5.79. The zero-order chi connectivity index (χ0) is 15.5. The summed E-state index contributed by atoms with van der Waals surface area (Å²) in [6, 6.07) is -0.112. The molecule has 1 N–H and O–H groups in total. The van der Waals surface area contributed by atoms with Gasteiger partial charge in [0.05, 0.1) is 13.2 Å². The molecule has 5 nitrogen and oxygen atoms in total. The van der Waals surface area contributed by atoms with Gasteiger partial charge >= 0.3 is 0 Å². The van der Waals surface area contributed by atoms with Crippen molar-refractivity contribution in [2.45, 2.75) is 44.7 Å². The van der Waals surface area contributed by atoms with Crippen LogP contribution in [0.1, 0.15) is 30.7 Å². The van der Waals surface area contributed by atoms with Gasteiger partial charge < -0.3 is 10.1 Å². The second-order valence-corrected chi connectivity index (χ2v) is 8.18. The second kappa shape index (κ2) is 7.19. The fourth-order valence-electron chi connectivity index (χ4n) is 2.52. The van der Waals surface area contributed by atoms with E-state index in [0.29, 0.717) is 31.2 Å². The van der Waals surface area contributed by atoms with Crippen LogP contribution in [-0.4, -0.2) is 45.1 Å². The third-order valence-corrected chi connectivity index (χ3v) is 7.05. The van der Waals surface area contributed by atoms with Crippen molar-refractivity contribution < 1.29 is 13.2 Å².